The lowest BCUT2D eigenvalue weighted by molar-refractivity contribution is 0.0955. The van der Waals surface area contributed by atoms with E-state index in [1.54, 1.807) is 44.6 Å². The van der Waals surface area contributed by atoms with Crippen molar-refractivity contribution in [3.8, 4) is 11.5 Å². The molecule has 156 valence electrons. The van der Waals surface area contributed by atoms with Gasteiger partial charge in [-0.15, -0.1) is 0 Å². The van der Waals surface area contributed by atoms with E-state index in [0.29, 0.717) is 29.0 Å². The lowest BCUT2D eigenvalue weighted by Gasteiger charge is -2.06. The molecule has 0 atom stereocenters. The first kappa shape index (κ1) is 20.2. The van der Waals surface area contributed by atoms with Gasteiger partial charge in [0.05, 0.1) is 31.5 Å². The largest absolute Gasteiger partial charge is 0.497 e. The summed E-state index contributed by atoms with van der Waals surface area (Å²) in [4.78, 5) is 20.4. The molecule has 0 spiro atoms. The molecule has 0 aliphatic heterocycles. The van der Waals surface area contributed by atoms with Crippen LogP contribution in [0.25, 0.3) is 11.0 Å². The number of H-pyrrole nitrogens is 1. The molecule has 0 fully saturated rings. The second-order valence-corrected chi connectivity index (χ2v) is 6.88. The maximum atomic E-state index is 12.5. The molecule has 4 aromatic rings. The van der Waals surface area contributed by atoms with Gasteiger partial charge in [0.15, 0.2) is 0 Å². The summed E-state index contributed by atoms with van der Waals surface area (Å²) in [6.07, 6.45) is 2.22. The van der Waals surface area contributed by atoms with Gasteiger partial charge in [-0.1, -0.05) is 30.3 Å². The van der Waals surface area contributed by atoms with Gasteiger partial charge in [-0.3, -0.25) is 4.79 Å². The Morgan fingerprint density at radius 1 is 1.06 bits per heavy atom. The Morgan fingerprint density at radius 3 is 2.68 bits per heavy atom. The third-order valence-electron chi connectivity index (χ3n) is 4.81. The number of hydrazone groups is 1. The van der Waals surface area contributed by atoms with Crippen molar-refractivity contribution in [1.29, 1.82) is 0 Å². The number of nitrogens with one attached hydrogen (secondary N) is 2. The fraction of sp³-hybridized carbons (Fsp3) is 0.125. The van der Waals surface area contributed by atoms with Crippen molar-refractivity contribution in [2.75, 3.05) is 14.2 Å². The van der Waals surface area contributed by atoms with Crippen LogP contribution in [-0.2, 0) is 6.42 Å². The second-order valence-electron chi connectivity index (χ2n) is 6.88. The van der Waals surface area contributed by atoms with Crippen LogP contribution in [0.4, 0.5) is 0 Å². The van der Waals surface area contributed by atoms with Crippen LogP contribution in [0, 0.1) is 0 Å². The van der Waals surface area contributed by atoms with Gasteiger partial charge in [-0.05, 0) is 42.0 Å². The number of amides is 1. The summed E-state index contributed by atoms with van der Waals surface area (Å²) >= 11 is 0. The first-order valence-corrected chi connectivity index (χ1v) is 9.74. The Bertz CT molecular complexity index is 1230. The monoisotopic (exact) mass is 414 g/mol. The predicted octanol–water partition coefficient (Wildman–Crippen LogP) is 3.93. The number of rotatable bonds is 7. The molecule has 0 aliphatic rings. The summed E-state index contributed by atoms with van der Waals surface area (Å²) in [5.41, 5.74) is 6.51. The average Bonchev–Trinajstić information content (AvgIpc) is 3.21. The zero-order chi connectivity index (χ0) is 21.6. The lowest BCUT2D eigenvalue weighted by Crippen LogP contribution is -2.17. The van der Waals surface area contributed by atoms with Crippen LogP contribution in [0.1, 0.15) is 27.3 Å². The van der Waals surface area contributed by atoms with Crippen LogP contribution in [0.15, 0.2) is 71.8 Å². The predicted molar refractivity (Wildman–Crippen MR) is 120 cm³/mol. The van der Waals surface area contributed by atoms with E-state index in [4.69, 9.17) is 9.47 Å². The van der Waals surface area contributed by atoms with Crippen molar-refractivity contribution in [1.82, 2.24) is 15.4 Å². The van der Waals surface area contributed by atoms with E-state index in [-0.39, 0.29) is 5.91 Å². The first-order chi connectivity index (χ1) is 15.2. The number of imidazole rings is 1. The summed E-state index contributed by atoms with van der Waals surface area (Å²) in [6.45, 7) is 0. The van der Waals surface area contributed by atoms with E-state index < -0.39 is 0 Å². The number of benzene rings is 3. The molecular formula is C24H22N4O3. The van der Waals surface area contributed by atoms with Gasteiger partial charge < -0.3 is 14.5 Å². The van der Waals surface area contributed by atoms with E-state index >= 15 is 0 Å². The Labute approximate surface area is 179 Å². The number of aromatic amines is 1. The van der Waals surface area contributed by atoms with Crippen molar-refractivity contribution >= 4 is 23.2 Å². The number of fused-ring (bicyclic) bond motifs is 1. The smallest absolute Gasteiger partial charge is 0.271 e. The SMILES string of the molecule is COc1ccc(OC)c(/C=N\NC(=O)c2ccc3nc(Cc4ccccc4)[nH]c3c2)c1. The average molecular weight is 414 g/mol. The van der Waals surface area contributed by atoms with Crippen molar-refractivity contribution < 1.29 is 14.3 Å². The molecule has 1 amide bonds. The third kappa shape index (κ3) is 4.72. The normalized spacial score (nSPS) is 11.0. The number of carbonyl (C=O) groups excluding carboxylic acids is 1. The highest BCUT2D eigenvalue weighted by molar-refractivity contribution is 5.98. The zero-order valence-corrected chi connectivity index (χ0v) is 17.3. The topological polar surface area (TPSA) is 88.6 Å². The third-order valence-corrected chi connectivity index (χ3v) is 4.81. The quantitative estimate of drug-likeness (QED) is 0.354. The standard InChI is InChI=1S/C24H22N4O3/c1-30-19-9-11-22(31-2)18(13-19)15-25-28-24(29)17-8-10-20-21(14-17)27-23(26-20)12-16-6-4-3-5-7-16/h3-11,13-15H,12H2,1-2H3,(H,26,27)(H,28,29)/b25-15-. The summed E-state index contributed by atoms with van der Waals surface area (Å²) in [5.74, 6) is 1.83. The number of aromatic nitrogens is 2. The molecule has 4 rings (SSSR count). The van der Waals surface area contributed by atoms with E-state index in [0.717, 1.165) is 16.9 Å². The first-order valence-electron chi connectivity index (χ1n) is 9.74. The number of ether oxygens (including phenoxy) is 2. The molecule has 2 N–H and O–H groups in total. The maximum Gasteiger partial charge on any atom is 0.271 e. The zero-order valence-electron chi connectivity index (χ0n) is 17.3. The molecule has 3 aromatic carbocycles. The van der Waals surface area contributed by atoms with E-state index in [9.17, 15) is 4.79 Å². The van der Waals surface area contributed by atoms with Gasteiger partial charge in [0.1, 0.15) is 17.3 Å². The highest BCUT2D eigenvalue weighted by atomic mass is 16.5. The molecule has 0 radical (unpaired) electrons. The number of hydrogen-bond donors (Lipinski definition) is 2. The lowest BCUT2D eigenvalue weighted by atomic mass is 10.1. The number of methoxy groups -OCH3 is 2. The van der Waals surface area contributed by atoms with Crippen LogP contribution in [0.3, 0.4) is 0 Å². The number of hydrogen-bond acceptors (Lipinski definition) is 5. The molecule has 7 heteroatoms. The van der Waals surface area contributed by atoms with Crippen LogP contribution in [0.2, 0.25) is 0 Å². The van der Waals surface area contributed by atoms with E-state index in [2.05, 4.69) is 32.6 Å². The van der Waals surface area contributed by atoms with Crippen molar-refractivity contribution in [2.45, 2.75) is 6.42 Å². The maximum absolute atomic E-state index is 12.5. The van der Waals surface area contributed by atoms with Crippen molar-refractivity contribution in [3.63, 3.8) is 0 Å². The molecule has 0 saturated heterocycles. The fourth-order valence-electron chi connectivity index (χ4n) is 3.24. The summed E-state index contributed by atoms with van der Waals surface area (Å²) in [5, 5.41) is 4.06. The Balaban J connectivity index is 1.47. The number of nitrogens with zero attached hydrogens (tertiary/aromatic N) is 2. The van der Waals surface area contributed by atoms with Crippen LogP contribution in [0.5, 0.6) is 11.5 Å². The van der Waals surface area contributed by atoms with Gasteiger partial charge in [0, 0.05) is 17.5 Å². The minimum atomic E-state index is -0.320. The van der Waals surface area contributed by atoms with Crippen LogP contribution < -0.4 is 14.9 Å². The fourth-order valence-corrected chi connectivity index (χ4v) is 3.24. The van der Waals surface area contributed by atoms with Gasteiger partial charge in [0.2, 0.25) is 0 Å². The molecule has 0 bridgehead atoms. The Morgan fingerprint density at radius 2 is 1.90 bits per heavy atom. The summed E-state index contributed by atoms with van der Waals surface area (Å²) in [7, 11) is 3.16. The highest BCUT2D eigenvalue weighted by Gasteiger charge is 2.09. The molecule has 1 heterocycles. The second kappa shape index (κ2) is 9.13. The van der Waals surface area contributed by atoms with Crippen molar-refractivity contribution in [2.24, 2.45) is 5.10 Å². The number of carbonyl (C=O) groups is 1. The Hall–Kier alpha value is -4.13. The summed E-state index contributed by atoms with van der Waals surface area (Å²) < 4.78 is 10.5. The minimum absolute atomic E-state index is 0.320. The van der Waals surface area contributed by atoms with Gasteiger partial charge in [-0.2, -0.15) is 5.10 Å². The molecule has 0 saturated carbocycles. The molecule has 7 nitrogen and oxygen atoms in total. The van der Waals surface area contributed by atoms with Gasteiger partial charge in [-0.25, -0.2) is 10.4 Å². The minimum Gasteiger partial charge on any atom is -0.497 e. The molecule has 0 unspecified atom stereocenters. The van der Waals surface area contributed by atoms with Crippen LogP contribution >= 0.6 is 0 Å². The van der Waals surface area contributed by atoms with Crippen LogP contribution in [-0.4, -0.2) is 36.3 Å². The van der Waals surface area contributed by atoms with E-state index in [1.165, 1.54) is 11.8 Å². The molecule has 0 aliphatic carbocycles. The molecule has 31 heavy (non-hydrogen) atoms. The van der Waals surface area contributed by atoms with Gasteiger partial charge in [0.25, 0.3) is 5.91 Å². The highest BCUT2D eigenvalue weighted by Crippen LogP contribution is 2.22. The molecule has 1 aromatic heterocycles. The summed E-state index contributed by atoms with van der Waals surface area (Å²) in [6, 6.07) is 20.8. The van der Waals surface area contributed by atoms with E-state index in [1.807, 2.05) is 24.3 Å². The van der Waals surface area contributed by atoms with Gasteiger partial charge >= 0.3 is 0 Å². The molecular weight excluding hydrogens is 392 g/mol. The van der Waals surface area contributed by atoms with Crippen molar-refractivity contribution in [3.05, 3.63) is 89.2 Å². The Kier molecular flexibility index (Phi) is 5.93.